The van der Waals surface area contributed by atoms with Gasteiger partial charge in [-0.1, -0.05) is 19.3 Å². The van der Waals surface area contributed by atoms with Gasteiger partial charge in [0.05, 0.1) is 13.0 Å². The van der Waals surface area contributed by atoms with Gasteiger partial charge in [0, 0.05) is 44.9 Å². The van der Waals surface area contributed by atoms with Crippen LogP contribution in [0, 0.1) is 11.8 Å². The molecular formula is C22H33N3O3. The van der Waals surface area contributed by atoms with E-state index < -0.39 is 0 Å². The number of piperidine rings is 1. The first-order valence-electron chi connectivity index (χ1n) is 10.9. The molecule has 1 aromatic heterocycles. The van der Waals surface area contributed by atoms with Crippen LogP contribution in [0.3, 0.4) is 0 Å². The van der Waals surface area contributed by atoms with Gasteiger partial charge in [0.15, 0.2) is 0 Å². The molecule has 4 rings (SSSR count). The molecule has 6 heteroatoms. The summed E-state index contributed by atoms with van der Waals surface area (Å²) in [5.74, 6) is 1.66. The molecule has 154 valence electrons. The highest BCUT2D eigenvalue weighted by Crippen LogP contribution is 2.36. The highest BCUT2D eigenvalue weighted by Gasteiger charge is 2.35. The van der Waals surface area contributed by atoms with Gasteiger partial charge < -0.3 is 19.5 Å². The van der Waals surface area contributed by atoms with Crippen LogP contribution in [0.2, 0.25) is 0 Å². The number of anilines is 1. The van der Waals surface area contributed by atoms with Crippen molar-refractivity contribution in [1.82, 2.24) is 9.47 Å². The van der Waals surface area contributed by atoms with E-state index in [4.69, 9.17) is 4.74 Å². The van der Waals surface area contributed by atoms with E-state index in [2.05, 4.69) is 16.3 Å². The summed E-state index contributed by atoms with van der Waals surface area (Å²) in [5, 5.41) is 2.76. The molecule has 28 heavy (non-hydrogen) atoms. The van der Waals surface area contributed by atoms with Gasteiger partial charge in [-0.05, 0) is 43.2 Å². The van der Waals surface area contributed by atoms with Crippen molar-refractivity contribution >= 4 is 11.6 Å². The molecule has 2 fully saturated rings. The molecule has 1 amide bonds. The Morgan fingerprint density at radius 1 is 1.18 bits per heavy atom. The third-order valence-electron chi connectivity index (χ3n) is 6.73. The Labute approximate surface area is 167 Å². The van der Waals surface area contributed by atoms with E-state index in [9.17, 15) is 9.59 Å². The summed E-state index contributed by atoms with van der Waals surface area (Å²) in [6, 6.07) is 3.84. The minimum atomic E-state index is -0.172. The van der Waals surface area contributed by atoms with Crippen LogP contribution in [-0.2, 0) is 16.1 Å². The number of carbonyl (C=O) groups excluding carboxylic acids is 1. The van der Waals surface area contributed by atoms with E-state index in [1.807, 2.05) is 4.57 Å². The standard InChI is InChI=1S/C22H33N3O3/c1-28-10-9-21(26)23-19-7-8-20-18-11-17(14-25(20)22(19)27)13-24(15-18)12-16-5-3-2-4-6-16/h7-8,16-18H,2-6,9-15H2,1H3,(H,23,26)/t17-,18-/m1/s1. The summed E-state index contributed by atoms with van der Waals surface area (Å²) in [7, 11) is 1.57. The number of fused-ring (bicyclic) bond motifs is 4. The minimum Gasteiger partial charge on any atom is -0.384 e. The molecule has 1 saturated heterocycles. The van der Waals surface area contributed by atoms with Gasteiger partial charge in [-0.25, -0.2) is 0 Å². The highest BCUT2D eigenvalue weighted by molar-refractivity contribution is 5.90. The summed E-state index contributed by atoms with van der Waals surface area (Å²) in [6.45, 7) is 4.52. The van der Waals surface area contributed by atoms with Gasteiger partial charge in [-0.2, -0.15) is 0 Å². The number of carbonyl (C=O) groups is 1. The smallest absolute Gasteiger partial charge is 0.274 e. The lowest BCUT2D eigenvalue weighted by atomic mass is 9.81. The average molecular weight is 388 g/mol. The number of methoxy groups -OCH3 is 1. The Morgan fingerprint density at radius 2 is 2.00 bits per heavy atom. The number of aromatic nitrogens is 1. The van der Waals surface area contributed by atoms with Crippen molar-refractivity contribution in [3.8, 4) is 0 Å². The summed E-state index contributed by atoms with van der Waals surface area (Å²) in [4.78, 5) is 27.6. The molecule has 3 heterocycles. The number of nitrogens with one attached hydrogen (secondary N) is 1. The zero-order valence-corrected chi connectivity index (χ0v) is 17.0. The monoisotopic (exact) mass is 387 g/mol. The van der Waals surface area contributed by atoms with Crippen molar-refractivity contribution in [3.63, 3.8) is 0 Å². The lowest BCUT2D eigenvalue weighted by Gasteiger charge is -2.44. The van der Waals surface area contributed by atoms with Gasteiger partial charge in [0.1, 0.15) is 5.69 Å². The van der Waals surface area contributed by atoms with E-state index in [0.717, 1.165) is 31.2 Å². The van der Waals surface area contributed by atoms with Gasteiger partial charge >= 0.3 is 0 Å². The minimum absolute atomic E-state index is 0.0568. The molecule has 6 nitrogen and oxygen atoms in total. The lowest BCUT2D eigenvalue weighted by molar-refractivity contribution is -0.117. The van der Waals surface area contributed by atoms with Gasteiger partial charge in [-0.3, -0.25) is 9.59 Å². The Bertz CT molecular complexity index is 754. The Morgan fingerprint density at radius 3 is 2.79 bits per heavy atom. The van der Waals surface area contributed by atoms with Crippen LogP contribution < -0.4 is 10.9 Å². The third kappa shape index (κ3) is 4.33. The molecule has 1 N–H and O–H groups in total. The van der Waals surface area contributed by atoms with Crippen molar-refractivity contribution in [1.29, 1.82) is 0 Å². The van der Waals surface area contributed by atoms with Crippen LogP contribution in [0.5, 0.6) is 0 Å². The molecule has 2 aliphatic heterocycles. The lowest BCUT2D eigenvalue weighted by Crippen LogP contribution is -2.48. The first-order valence-corrected chi connectivity index (χ1v) is 10.9. The van der Waals surface area contributed by atoms with Crippen molar-refractivity contribution < 1.29 is 9.53 Å². The summed E-state index contributed by atoms with van der Waals surface area (Å²) in [6.07, 6.45) is 8.40. The Kier molecular flexibility index (Phi) is 6.16. The second-order valence-corrected chi connectivity index (χ2v) is 8.90. The largest absolute Gasteiger partial charge is 0.384 e. The SMILES string of the molecule is COCCC(=O)Nc1ccc2n(c1=O)C[C@@H]1C[C@@H]2CN(CC2CCCCC2)C1. The molecule has 1 saturated carbocycles. The zero-order valence-electron chi connectivity index (χ0n) is 17.0. The van der Waals surface area contributed by atoms with E-state index in [1.54, 1.807) is 13.2 Å². The fourth-order valence-electron chi connectivity index (χ4n) is 5.43. The number of hydrogen-bond acceptors (Lipinski definition) is 4. The van der Waals surface area contributed by atoms with Crippen LogP contribution in [0.1, 0.15) is 56.6 Å². The van der Waals surface area contributed by atoms with E-state index >= 15 is 0 Å². The quantitative estimate of drug-likeness (QED) is 0.815. The fourth-order valence-corrected chi connectivity index (χ4v) is 5.43. The summed E-state index contributed by atoms with van der Waals surface area (Å²) >= 11 is 0. The average Bonchev–Trinajstić information content (AvgIpc) is 2.69. The molecule has 2 bridgehead atoms. The summed E-state index contributed by atoms with van der Waals surface area (Å²) < 4.78 is 6.86. The van der Waals surface area contributed by atoms with Gasteiger partial charge in [0.25, 0.3) is 5.56 Å². The molecule has 1 aliphatic carbocycles. The molecule has 0 aromatic carbocycles. The normalized spacial score (nSPS) is 25.3. The summed E-state index contributed by atoms with van der Waals surface area (Å²) in [5.41, 5.74) is 1.48. The first kappa shape index (κ1) is 19.6. The topological polar surface area (TPSA) is 63.6 Å². The zero-order chi connectivity index (χ0) is 19.5. The highest BCUT2D eigenvalue weighted by atomic mass is 16.5. The number of amides is 1. The maximum Gasteiger partial charge on any atom is 0.274 e. The molecular weight excluding hydrogens is 354 g/mol. The Hall–Kier alpha value is -1.66. The number of likely N-dealkylation sites (tertiary alicyclic amines) is 1. The number of ether oxygens (including phenoxy) is 1. The molecule has 1 aromatic rings. The second-order valence-electron chi connectivity index (χ2n) is 8.90. The molecule has 0 radical (unpaired) electrons. The van der Waals surface area contributed by atoms with Crippen molar-refractivity contribution in [2.75, 3.05) is 38.7 Å². The van der Waals surface area contributed by atoms with Crippen LogP contribution >= 0.6 is 0 Å². The number of hydrogen-bond donors (Lipinski definition) is 1. The predicted octanol–water partition coefficient (Wildman–Crippen LogP) is 2.82. The van der Waals surface area contributed by atoms with Crippen LogP contribution in [0.25, 0.3) is 0 Å². The van der Waals surface area contributed by atoms with E-state index in [0.29, 0.717) is 24.1 Å². The van der Waals surface area contributed by atoms with Crippen LogP contribution in [0.4, 0.5) is 5.69 Å². The number of nitrogens with zero attached hydrogens (tertiary/aromatic N) is 2. The van der Waals surface area contributed by atoms with E-state index in [1.165, 1.54) is 45.1 Å². The van der Waals surface area contributed by atoms with Gasteiger partial charge in [0.2, 0.25) is 5.91 Å². The molecule has 0 spiro atoms. The molecule has 0 unspecified atom stereocenters. The maximum absolute atomic E-state index is 13.0. The van der Waals surface area contributed by atoms with Crippen molar-refractivity contribution in [2.24, 2.45) is 11.8 Å². The number of pyridine rings is 1. The predicted molar refractivity (Wildman–Crippen MR) is 110 cm³/mol. The van der Waals surface area contributed by atoms with E-state index in [-0.39, 0.29) is 17.9 Å². The number of rotatable bonds is 6. The molecule has 3 aliphatic rings. The maximum atomic E-state index is 13.0. The second kappa shape index (κ2) is 8.78. The first-order chi connectivity index (χ1) is 13.6. The Balaban J connectivity index is 1.45. The van der Waals surface area contributed by atoms with Crippen molar-refractivity contribution in [3.05, 3.63) is 28.2 Å². The van der Waals surface area contributed by atoms with Gasteiger partial charge in [-0.15, -0.1) is 0 Å². The molecule has 2 atom stereocenters. The van der Waals surface area contributed by atoms with Crippen LogP contribution in [-0.4, -0.2) is 48.7 Å². The fraction of sp³-hybridized carbons (Fsp3) is 0.727. The van der Waals surface area contributed by atoms with Crippen LogP contribution in [0.15, 0.2) is 16.9 Å². The van der Waals surface area contributed by atoms with Crippen molar-refractivity contribution in [2.45, 2.75) is 57.4 Å². The third-order valence-corrected chi connectivity index (χ3v) is 6.73.